The zero-order valence-electron chi connectivity index (χ0n) is 7.89. The van der Waals surface area contributed by atoms with E-state index in [1.807, 2.05) is 0 Å². The Hall–Kier alpha value is -0.640. The van der Waals surface area contributed by atoms with Crippen molar-refractivity contribution in [2.24, 2.45) is 5.92 Å². The molecule has 6 heteroatoms. The first-order valence-electron chi connectivity index (χ1n) is 4.56. The molecule has 1 rings (SSSR count). The molecule has 0 radical (unpaired) electrons. The molecule has 1 fully saturated rings. The van der Waals surface area contributed by atoms with Crippen molar-refractivity contribution < 1.29 is 13.5 Å². The van der Waals surface area contributed by atoms with Gasteiger partial charge in [0, 0.05) is 19.7 Å². The van der Waals surface area contributed by atoms with Crippen LogP contribution in [-0.2, 0) is 10.0 Å². The molecule has 0 aromatic heterocycles. The molecule has 0 bridgehead atoms. The molecule has 1 aliphatic heterocycles. The highest BCUT2D eigenvalue weighted by Crippen LogP contribution is 2.18. The van der Waals surface area contributed by atoms with Crippen molar-refractivity contribution >= 4 is 10.0 Å². The van der Waals surface area contributed by atoms with Gasteiger partial charge in [-0.1, -0.05) is 0 Å². The molecule has 1 heterocycles. The lowest BCUT2D eigenvalue weighted by Crippen LogP contribution is -2.40. The van der Waals surface area contributed by atoms with Crippen LogP contribution in [0.4, 0.5) is 0 Å². The maximum absolute atomic E-state index is 11.4. The van der Waals surface area contributed by atoms with Gasteiger partial charge in [0.15, 0.2) is 5.75 Å². The second-order valence-corrected chi connectivity index (χ2v) is 5.41. The van der Waals surface area contributed by atoms with Crippen molar-refractivity contribution in [3.8, 4) is 6.07 Å². The van der Waals surface area contributed by atoms with Gasteiger partial charge in [0.25, 0.3) is 0 Å². The van der Waals surface area contributed by atoms with Crippen molar-refractivity contribution in [3.63, 3.8) is 0 Å². The minimum Gasteiger partial charge on any atom is -0.396 e. The molecule has 5 nitrogen and oxygen atoms in total. The summed E-state index contributed by atoms with van der Waals surface area (Å²) in [4.78, 5) is 0. The quantitative estimate of drug-likeness (QED) is 0.695. The van der Waals surface area contributed by atoms with Crippen LogP contribution in [0.15, 0.2) is 0 Å². The van der Waals surface area contributed by atoms with E-state index in [1.165, 1.54) is 4.31 Å². The van der Waals surface area contributed by atoms with Gasteiger partial charge in [-0.3, -0.25) is 0 Å². The SMILES string of the molecule is N#CCS(=O)(=O)N1CCC(CO)CC1. The number of hydrogen-bond donors (Lipinski definition) is 1. The Labute approximate surface area is 84.0 Å². The van der Waals surface area contributed by atoms with Crippen LogP contribution in [0.5, 0.6) is 0 Å². The first-order chi connectivity index (χ1) is 6.60. The zero-order valence-corrected chi connectivity index (χ0v) is 8.70. The van der Waals surface area contributed by atoms with E-state index in [0.717, 1.165) is 0 Å². The van der Waals surface area contributed by atoms with Crippen LogP contribution in [0.2, 0.25) is 0 Å². The summed E-state index contributed by atoms with van der Waals surface area (Å²) in [6, 6.07) is 1.65. The van der Waals surface area contributed by atoms with E-state index in [2.05, 4.69) is 0 Å². The van der Waals surface area contributed by atoms with Crippen LogP contribution < -0.4 is 0 Å². The largest absolute Gasteiger partial charge is 0.396 e. The standard InChI is InChI=1S/C8H14N2O3S/c9-3-6-14(12,13)10-4-1-8(7-11)2-5-10/h8,11H,1-2,4-7H2. The predicted octanol–water partition coefficient (Wildman–Crippen LogP) is -0.456. The van der Waals surface area contributed by atoms with Crippen molar-refractivity contribution in [1.29, 1.82) is 5.26 Å². The Morgan fingerprint density at radius 3 is 2.43 bits per heavy atom. The highest BCUT2D eigenvalue weighted by Gasteiger charge is 2.27. The predicted molar refractivity (Wildman–Crippen MR) is 50.8 cm³/mol. The first-order valence-corrected chi connectivity index (χ1v) is 6.16. The summed E-state index contributed by atoms with van der Waals surface area (Å²) >= 11 is 0. The van der Waals surface area contributed by atoms with Crippen molar-refractivity contribution in [2.75, 3.05) is 25.4 Å². The molecule has 0 unspecified atom stereocenters. The van der Waals surface area contributed by atoms with Crippen molar-refractivity contribution in [3.05, 3.63) is 0 Å². The maximum atomic E-state index is 11.4. The molecule has 0 aliphatic carbocycles. The molecule has 0 spiro atoms. The lowest BCUT2D eigenvalue weighted by atomic mass is 10.00. The summed E-state index contributed by atoms with van der Waals surface area (Å²) in [5.41, 5.74) is 0. The Kier molecular flexibility index (Phi) is 3.86. The fourth-order valence-corrected chi connectivity index (χ4v) is 2.66. The topological polar surface area (TPSA) is 81.4 Å². The summed E-state index contributed by atoms with van der Waals surface area (Å²) in [6.45, 7) is 0.969. The van der Waals surface area contributed by atoms with Crippen molar-refractivity contribution in [1.82, 2.24) is 4.31 Å². The second-order valence-electron chi connectivity index (χ2n) is 3.44. The smallest absolute Gasteiger partial charge is 0.227 e. The highest BCUT2D eigenvalue weighted by atomic mass is 32.2. The van der Waals surface area contributed by atoms with E-state index in [9.17, 15) is 8.42 Å². The van der Waals surface area contributed by atoms with E-state index in [1.54, 1.807) is 6.07 Å². The number of hydrogen-bond acceptors (Lipinski definition) is 4. The van der Waals surface area contributed by atoms with Crippen LogP contribution in [0.25, 0.3) is 0 Å². The van der Waals surface area contributed by atoms with Gasteiger partial charge in [-0.25, -0.2) is 12.7 Å². The third kappa shape index (κ3) is 2.67. The lowest BCUT2D eigenvalue weighted by molar-refractivity contribution is 0.170. The van der Waals surface area contributed by atoms with E-state index >= 15 is 0 Å². The first kappa shape index (κ1) is 11.4. The van der Waals surface area contributed by atoms with Gasteiger partial charge in [0.05, 0.1) is 6.07 Å². The van der Waals surface area contributed by atoms with Crippen LogP contribution in [-0.4, -0.2) is 43.3 Å². The molecule has 0 amide bonds. The van der Waals surface area contributed by atoms with E-state index in [4.69, 9.17) is 10.4 Å². The summed E-state index contributed by atoms with van der Waals surface area (Å²) in [6.07, 6.45) is 1.36. The summed E-state index contributed by atoms with van der Waals surface area (Å²) in [5.74, 6) is -0.236. The van der Waals surface area contributed by atoms with E-state index < -0.39 is 15.8 Å². The van der Waals surface area contributed by atoms with Crippen LogP contribution >= 0.6 is 0 Å². The summed E-state index contributed by atoms with van der Waals surface area (Å²) < 4.78 is 24.2. The summed E-state index contributed by atoms with van der Waals surface area (Å²) in [5, 5.41) is 17.2. The lowest BCUT2D eigenvalue weighted by Gasteiger charge is -2.29. The third-order valence-corrected chi connectivity index (χ3v) is 4.12. The average Bonchev–Trinajstić information content (AvgIpc) is 2.18. The molecular weight excluding hydrogens is 204 g/mol. The highest BCUT2D eigenvalue weighted by molar-refractivity contribution is 7.89. The van der Waals surface area contributed by atoms with Gasteiger partial charge >= 0.3 is 0 Å². The number of nitrogens with zero attached hydrogens (tertiary/aromatic N) is 2. The number of rotatable bonds is 3. The average molecular weight is 218 g/mol. The van der Waals surface area contributed by atoms with Gasteiger partial charge in [0.1, 0.15) is 0 Å². The minimum atomic E-state index is -3.37. The summed E-state index contributed by atoms with van der Waals surface area (Å²) in [7, 11) is -3.37. The minimum absolute atomic E-state index is 0.117. The number of aliphatic hydroxyl groups excluding tert-OH is 1. The fourth-order valence-electron chi connectivity index (χ4n) is 1.54. The molecular formula is C8H14N2O3S. The maximum Gasteiger partial charge on any atom is 0.227 e. The number of aliphatic hydroxyl groups is 1. The number of sulfonamides is 1. The Balaban J connectivity index is 2.54. The van der Waals surface area contributed by atoms with Gasteiger partial charge in [-0.05, 0) is 18.8 Å². The molecule has 1 saturated heterocycles. The van der Waals surface area contributed by atoms with Gasteiger partial charge in [-0.15, -0.1) is 0 Å². The molecule has 0 saturated carbocycles. The Morgan fingerprint density at radius 1 is 1.43 bits per heavy atom. The molecule has 80 valence electrons. The number of piperidine rings is 1. The van der Waals surface area contributed by atoms with E-state index in [-0.39, 0.29) is 12.5 Å². The van der Waals surface area contributed by atoms with Gasteiger partial charge in [0.2, 0.25) is 10.0 Å². The molecule has 1 aliphatic rings. The fraction of sp³-hybridized carbons (Fsp3) is 0.875. The molecule has 14 heavy (non-hydrogen) atoms. The third-order valence-electron chi connectivity index (χ3n) is 2.47. The van der Waals surface area contributed by atoms with E-state index in [0.29, 0.717) is 25.9 Å². The molecule has 0 atom stereocenters. The monoisotopic (exact) mass is 218 g/mol. The van der Waals surface area contributed by atoms with Crippen molar-refractivity contribution in [2.45, 2.75) is 12.8 Å². The number of nitriles is 1. The molecule has 1 N–H and O–H groups in total. The van der Waals surface area contributed by atoms with Gasteiger partial charge in [-0.2, -0.15) is 5.26 Å². The second kappa shape index (κ2) is 4.73. The molecule has 0 aromatic rings. The Bertz CT molecular complexity index is 312. The zero-order chi connectivity index (χ0) is 10.6. The molecule has 0 aromatic carbocycles. The Morgan fingerprint density at radius 2 is 2.00 bits per heavy atom. The van der Waals surface area contributed by atoms with Crippen LogP contribution in [0.1, 0.15) is 12.8 Å². The van der Waals surface area contributed by atoms with Crippen LogP contribution in [0, 0.1) is 17.2 Å². The van der Waals surface area contributed by atoms with Gasteiger partial charge < -0.3 is 5.11 Å². The van der Waals surface area contributed by atoms with Crippen LogP contribution in [0.3, 0.4) is 0 Å². The normalized spacial score (nSPS) is 20.6.